The Morgan fingerprint density at radius 3 is 2.46 bits per heavy atom. The third-order valence-electron chi connectivity index (χ3n) is 4.91. The summed E-state index contributed by atoms with van der Waals surface area (Å²) < 4.78 is 0. The van der Waals surface area contributed by atoms with Gasteiger partial charge in [0, 0.05) is 49.9 Å². The van der Waals surface area contributed by atoms with Crippen LogP contribution in [0.4, 0.5) is 0 Å². The number of carbonyl (C=O) groups is 1. The van der Waals surface area contributed by atoms with Gasteiger partial charge in [-0.25, -0.2) is 9.97 Å². The van der Waals surface area contributed by atoms with E-state index in [9.17, 15) is 4.79 Å². The molecule has 1 fully saturated rings. The standard InChI is InChI=1S/C21H24N4OS2/c1-16-22-19(15-27-16)13-24-7-9-25(10-8-24)21(26)12-18-14-28-20(23-18)11-17-5-3-2-4-6-17/h2-6,14-15H,7-13H2,1H3. The van der Waals surface area contributed by atoms with Crippen LogP contribution < -0.4 is 0 Å². The summed E-state index contributed by atoms with van der Waals surface area (Å²) in [6, 6.07) is 10.3. The Bertz CT molecular complexity index is 913. The zero-order valence-electron chi connectivity index (χ0n) is 16.0. The molecular formula is C21H24N4OS2. The fourth-order valence-electron chi connectivity index (χ4n) is 3.41. The molecule has 4 rings (SSSR count). The highest BCUT2D eigenvalue weighted by molar-refractivity contribution is 7.09. The van der Waals surface area contributed by atoms with Crippen molar-refractivity contribution in [3.8, 4) is 0 Å². The molecule has 0 saturated carbocycles. The highest BCUT2D eigenvalue weighted by atomic mass is 32.1. The Labute approximate surface area is 173 Å². The van der Waals surface area contributed by atoms with Crippen molar-refractivity contribution in [3.63, 3.8) is 0 Å². The molecule has 5 nitrogen and oxygen atoms in total. The fourth-order valence-corrected chi connectivity index (χ4v) is 4.85. The van der Waals surface area contributed by atoms with Crippen LogP contribution in [0.5, 0.6) is 0 Å². The zero-order valence-corrected chi connectivity index (χ0v) is 17.6. The molecule has 0 aliphatic carbocycles. The van der Waals surface area contributed by atoms with Gasteiger partial charge in [0.15, 0.2) is 0 Å². The summed E-state index contributed by atoms with van der Waals surface area (Å²) in [6.07, 6.45) is 1.23. The summed E-state index contributed by atoms with van der Waals surface area (Å²) in [4.78, 5) is 26.2. The first kappa shape index (κ1) is 19.2. The van der Waals surface area contributed by atoms with Gasteiger partial charge in [-0.3, -0.25) is 9.69 Å². The molecule has 1 saturated heterocycles. The molecule has 2 aromatic heterocycles. The molecule has 28 heavy (non-hydrogen) atoms. The number of carbonyl (C=O) groups excluding carboxylic acids is 1. The van der Waals surface area contributed by atoms with Crippen LogP contribution in [0.2, 0.25) is 0 Å². The van der Waals surface area contributed by atoms with Gasteiger partial charge in [0.05, 0.1) is 27.8 Å². The van der Waals surface area contributed by atoms with E-state index in [4.69, 9.17) is 0 Å². The van der Waals surface area contributed by atoms with Crippen molar-refractivity contribution in [2.45, 2.75) is 26.3 Å². The number of rotatable bonds is 6. The van der Waals surface area contributed by atoms with Crippen LogP contribution in [0.15, 0.2) is 41.1 Å². The van der Waals surface area contributed by atoms with E-state index in [1.54, 1.807) is 22.7 Å². The van der Waals surface area contributed by atoms with Crippen LogP contribution in [0.3, 0.4) is 0 Å². The van der Waals surface area contributed by atoms with E-state index in [1.807, 2.05) is 35.4 Å². The Hall–Kier alpha value is -2.09. The maximum Gasteiger partial charge on any atom is 0.228 e. The SMILES string of the molecule is Cc1nc(CN2CCN(C(=O)Cc3csc(Cc4ccccc4)n3)CC2)cs1. The number of amides is 1. The van der Waals surface area contributed by atoms with Crippen molar-refractivity contribution in [1.29, 1.82) is 0 Å². The van der Waals surface area contributed by atoms with Gasteiger partial charge < -0.3 is 4.90 Å². The second-order valence-corrected chi connectivity index (χ2v) is 9.09. The average Bonchev–Trinajstić information content (AvgIpc) is 3.32. The molecule has 1 aliphatic rings. The van der Waals surface area contributed by atoms with Gasteiger partial charge in [-0.2, -0.15) is 0 Å². The van der Waals surface area contributed by atoms with Gasteiger partial charge >= 0.3 is 0 Å². The number of nitrogens with zero attached hydrogens (tertiary/aromatic N) is 4. The smallest absolute Gasteiger partial charge is 0.228 e. The van der Waals surface area contributed by atoms with Gasteiger partial charge in [0.1, 0.15) is 0 Å². The topological polar surface area (TPSA) is 49.3 Å². The van der Waals surface area contributed by atoms with E-state index in [0.717, 1.165) is 60.5 Å². The van der Waals surface area contributed by atoms with Gasteiger partial charge in [0.25, 0.3) is 0 Å². The number of hydrogen-bond acceptors (Lipinski definition) is 6. The Balaban J connectivity index is 1.25. The lowest BCUT2D eigenvalue weighted by Crippen LogP contribution is -2.48. The van der Waals surface area contributed by atoms with Crippen molar-refractivity contribution < 1.29 is 4.79 Å². The number of piperazine rings is 1. The van der Waals surface area contributed by atoms with Crippen LogP contribution in [0.1, 0.15) is 27.0 Å². The Morgan fingerprint density at radius 2 is 1.75 bits per heavy atom. The van der Waals surface area contributed by atoms with E-state index in [2.05, 4.69) is 32.4 Å². The summed E-state index contributed by atoms with van der Waals surface area (Å²) in [5, 5.41) is 6.33. The molecule has 0 radical (unpaired) electrons. The number of aromatic nitrogens is 2. The highest BCUT2D eigenvalue weighted by Gasteiger charge is 2.22. The van der Waals surface area contributed by atoms with Gasteiger partial charge in [-0.05, 0) is 12.5 Å². The van der Waals surface area contributed by atoms with E-state index in [-0.39, 0.29) is 5.91 Å². The molecule has 0 atom stereocenters. The minimum atomic E-state index is 0.181. The van der Waals surface area contributed by atoms with Crippen LogP contribution in [0.25, 0.3) is 0 Å². The van der Waals surface area contributed by atoms with Gasteiger partial charge in [0.2, 0.25) is 5.91 Å². The molecule has 0 N–H and O–H groups in total. The normalized spacial score (nSPS) is 15.1. The maximum atomic E-state index is 12.7. The molecule has 0 bridgehead atoms. The fraction of sp³-hybridized carbons (Fsp3) is 0.381. The predicted molar refractivity (Wildman–Crippen MR) is 114 cm³/mol. The zero-order chi connectivity index (χ0) is 19.3. The van der Waals surface area contributed by atoms with E-state index >= 15 is 0 Å². The van der Waals surface area contributed by atoms with Crippen molar-refractivity contribution in [1.82, 2.24) is 19.8 Å². The van der Waals surface area contributed by atoms with Crippen LogP contribution in [0, 0.1) is 6.92 Å². The minimum absolute atomic E-state index is 0.181. The summed E-state index contributed by atoms with van der Waals surface area (Å²) in [7, 11) is 0. The molecule has 0 spiro atoms. The quantitative estimate of drug-likeness (QED) is 0.623. The van der Waals surface area contributed by atoms with Crippen molar-refractivity contribution in [2.24, 2.45) is 0 Å². The molecule has 1 aliphatic heterocycles. The van der Waals surface area contributed by atoms with Crippen LogP contribution >= 0.6 is 22.7 Å². The number of benzene rings is 1. The van der Waals surface area contributed by atoms with Gasteiger partial charge in [-0.15, -0.1) is 22.7 Å². The minimum Gasteiger partial charge on any atom is -0.340 e. The number of aryl methyl sites for hydroxylation is 1. The van der Waals surface area contributed by atoms with Crippen molar-refractivity contribution in [2.75, 3.05) is 26.2 Å². The molecule has 0 unspecified atom stereocenters. The molecule has 7 heteroatoms. The second kappa shape index (κ2) is 8.94. The third kappa shape index (κ3) is 5.04. The molecule has 3 heterocycles. The summed E-state index contributed by atoms with van der Waals surface area (Å²) in [5.74, 6) is 0.181. The second-order valence-electron chi connectivity index (χ2n) is 7.09. The largest absolute Gasteiger partial charge is 0.340 e. The lowest BCUT2D eigenvalue weighted by atomic mass is 10.2. The van der Waals surface area contributed by atoms with E-state index < -0.39 is 0 Å². The molecule has 1 amide bonds. The van der Waals surface area contributed by atoms with E-state index in [0.29, 0.717) is 6.42 Å². The van der Waals surface area contributed by atoms with Crippen molar-refractivity contribution in [3.05, 3.63) is 68.1 Å². The number of thiazole rings is 2. The van der Waals surface area contributed by atoms with Crippen LogP contribution in [-0.2, 0) is 24.2 Å². The Kier molecular flexibility index (Phi) is 6.14. The summed E-state index contributed by atoms with van der Waals surface area (Å²) >= 11 is 3.33. The summed E-state index contributed by atoms with van der Waals surface area (Å²) in [6.45, 7) is 6.28. The van der Waals surface area contributed by atoms with E-state index in [1.165, 1.54) is 5.56 Å². The maximum absolute atomic E-state index is 12.7. The van der Waals surface area contributed by atoms with Crippen molar-refractivity contribution >= 4 is 28.6 Å². The first-order valence-corrected chi connectivity index (χ1v) is 11.3. The van der Waals surface area contributed by atoms with Gasteiger partial charge in [-0.1, -0.05) is 30.3 Å². The third-order valence-corrected chi connectivity index (χ3v) is 6.63. The molecule has 146 valence electrons. The lowest BCUT2D eigenvalue weighted by molar-refractivity contribution is -0.132. The monoisotopic (exact) mass is 412 g/mol. The molecule has 1 aromatic carbocycles. The first-order valence-electron chi connectivity index (χ1n) is 9.54. The summed E-state index contributed by atoms with van der Waals surface area (Å²) in [5.41, 5.74) is 3.28. The molecule has 3 aromatic rings. The molecular weight excluding hydrogens is 388 g/mol. The predicted octanol–water partition coefficient (Wildman–Crippen LogP) is 3.39. The average molecular weight is 413 g/mol. The Morgan fingerprint density at radius 1 is 1.00 bits per heavy atom. The first-order chi connectivity index (χ1) is 13.7. The number of hydrogen-bond donors (Lipinski definition) is 0. The van der Waals surface area contributed by atoms with Crippen LogP contribution in [-0.4, -0.2) is 51.9 Å². The highest BCUT2D eigenvalue weighted by Crippen LogP contribution is 2.17. The lowest BCUT2D eigenvalue weighted by Gasteiger charge is -2.34.